The Bertz CT molecular complexity index is 905. The van der Waals surface area contributed by atoms with Crippen LogP contribution < -0.4 is 0 Å². The van der Waals surface area contributed by atoms with Crippen molar-refractivity contribution < 1.29 is 0 Å². The minimum atomic E-state index is 0.101. The summed E-state index contributed by atoms with van der Waals surface area (Å²) in [5.74, 6) is 0. The summed E-state index contributed by atoms with van der Waals surface area (Å²) in [6.07, 6.45) is 7.17. The number of fused-ring (bicyclic) bond motifs is 1. The van der Waals surface area contributed by atoms with Gasteiger partial charge in [0.1, 0.15) is 17.7 Å². The van der Waals surface area contributed by atoms with Crippen LogP contribution in [0.1, 0.15) is 11.1 Å². The lowest BCUT2D eigenvalue weighted by molar-refractivity contribution is 0.831. The number of hydrogen-bond acceptors (Lipinski definition) is 3. The van der Waals surface area contributed by atoms with Gasteiger partial charge in [0.2, 0.25) is 0 Å². The maximum Gasteiger partial charge on any atom is 0.130 e. The zero-order chi connectivity index (χ0) is 15.4. The van der Waals surface area contributed by atoms with Gasteiger partial charge < -0.3 is 4.57 Å². The SMILES string of the molecule is N#CC(C#N)=Cc1cn(Cc2cccnc2)c2ccccc12. The molecule has 1 aromatic carbocycles. The van der Waals surface area contributed by atoms with Crippen molar-refractivity contribution in [1.82, 2.24) is 9.55 Å². The van der Waals surface area contributed by atoms with Gasteiger partial charge in [0, 0.05) is 41.6 Å². The number of allylic oxidation sites excluding steroid dienone is 1. The smallest absolute Gasteiger partial charge is 0.130 e. The highest BCUT2D eigenvalue weighted by molar-refractivity contribution is 5.90. The molecule has 3 rings (SSSR count). The quantitative estimate of drug-likeness (QED) is 0.691. The molecule has 0 aliphatic carbocycles. The first kappa shape index (κ1) is 13.6. The first-order chi connectivity index (χ1) is 10.8. The van der Waals surface area contributed by atoms with Crippen LogP contribution in [0, 0.1) is 22.7 Å². The number of hydrogen-bond donors (Lipinski definition) is 0. The van der Waals surface area contributed by atoms with Crippen molar-refractivity contribution in [1.29, 1.82) is 10.5 Å². The number of nitriles is 2. The summed E-state index contributed by atoms with van der Waals surface area (Å²) in [4.78, 5) is 4.13. The van der Waals surface area contributed by atoms with Crippen LogP contribution in [0.3, 0.4) is 0 Å². The van der Waals surface area contributed by atoms with Crippen molar-refractivity contribution in [3.8, 4) is 12.1 Å². The van der Waals surface area contributed by atoms with Crippen molar-refractivity contribution in [2.45, 2.75) is 6.54 Å². The second-order valence-electron chi connectivity index (χ2n) is 4.87. The molecule has 0 aliphatic heterocycles. The summed E-state index contributed by atoms with van der Waals surface area (Å²) in [6.45, 7) is 0.691. The fourth-order valence-electron chi connectivity index (χ4n) is 2.45. The molecule has 4 nitrogen and oxygen atoms in total. The number of benzene rings is 1. The summed E-state index contributed by atoms with van der Waals surface area (Å²) in [6, 6.07) is 15.7. The fraction of sp³-hybridized carbons (Fsp3) is 0.0556. The minimum Gasteiger partial charge on any atom is -0.342 e. The normalized spacial score (nSPS) is 9.91. The number of nitrogens with zero attached hydrogens (tertiary/aromatic N) is 4. The number of pyridine rings is 1. The topological polar surface area (TPSA) is 65.4 Å². The highest BCUT2D eigenvalue weighted by Gasteiger charge is 2.08. The van der Waals surface area contributed by atoms with Gasteiger partial charge in [-0.05, 0) is 23.8 Å². The van der Waals surface area contributed by atoms with Gasteiger partial charge in [0.05, 0.1) is 0 Å². The molecule has 0 saturated heterocycles. The molecule has 0 N–H and O–H groups in total. The lowest BCUT2D eigenvalue weighted by Gasteiger charge is -2.04. The van der Waals surface area contributed by atoms with E-state index in [0.717, 1.165) is 22.0 Å². The van der Waals surface area contributed by atoms with E-state index in [2.05, 4.69) is 9.55 Å². The third-order valence-corrected chi connectivity index (χ3v) is 3.44. The predicted octanol–water partition coefficient (Wildman–Crippen LogP) is 3.52. The zero-order valence-electron chi connectivity index (χ0n) is 11.8. The van der Waals surface area contributed by atoms with Gasteiger partial charge in [-0.2, -0.15) is 10.5 Å². The van der Waals surface area contributed by atoms with E-state index in [1.807, 2.05) is 60.9 Å². The average molecular weight is 284 g/mol. The van der Waals surface area contributed by atoms with Crippen molar-refractivity contribution >= 4 is 17.0 Å². The third-order valence-electron chi connectivity index (χ3n) is 3.44. The molecule has 0 aliphatic rings. The molecule has 0 unspecified atom stereocenters. The van der Waals surface area contributed by atoms with Crippen LogP contribution >= 0.6 is 0 Å². The zero-order valence-corrected chi connectivity index (χ0v) is 11.8. The summed E-state index contributed by atoms with van der Waals surface area (Å²) in [5.41, 5.74) is 3.13. The summed E-state index contributed by atoms with van der Waals surface area (Å²) in [7, 11) is 0. The summed E-state index contributed by atoms with van der Waals surface area (Å²) < 4.78 is 2.10. The summed E-state index contributed by atoms with van der Waals surface area (Å²) in [5, 5.41) is 18.9. The van der Waals surface area contributed by atoms with Crippen LogP contribution in [-0.4, -0.2) is 9.55 Å². The maximum absolute atomic E-state index is 8.95. The van der Waals surface area contributed by atoms with E-state index in [-0.39, 0.29) is 5.57 Å². The highest BCUT2D eigenvalue weighted by atomic mass is 15.0. The number of aromatic nitrogens is 2. The molecule has 2 aromatic heterocycles. The standard InChI is InChI=1S/C18H12N4/c19-9-15(10-20)8-16-13-22(12-14-4-3-7-21-11-14)18-6-2-1-5-17(16)18/h1-8,11,13H,12H2. The lowest BCUT2D eigenvalue weighted by atomic mass is 10.1. The van der Waals surface area contributed by atoms with Gasteiger partial charge >= 0.3 is 0 Å². The first-order valence-electron chi connectivity index (χ1n) is 6.80. The number of para-hydroxylation sites is 1. The minimum absolute atomic E-state index is 0.101. The van der Waals surface area contributed by atoms with Crippen molar-refractivity contribution in [2.24, 2.45) is 0 Å². The molecular weight excluding hydrogens is 272 g/mol. The average Bonchev–Trinajstić information content (AvgIpc) is 2.91. The largest absolute Gasteiger partial charge is 0.342 e. The molecule has 104 valence electrons. The Kier molecular flexibility index (Phi) is 3.68. The van der Waals surface area contributed by atoms with Crippen LogP contribution in [-0.2, 0) is 6.54 Å². The first-order valence-corrected chi connectivity index (χ1v) is 6.80. The number of rotatable bonds is 3. The fourth-order valence-corrected chi connectivity index (χ4v) is 2.45. The Balaban J connectivity index is 2.11. The monoisotopic (exact) mass is 284 g/mol. The molecule has 4 heteroatoms. The molecule has 22 heavy (non-hydrogen) atoms. The van der Waals surface area contributed by atoms with E-state index in [1.54, 1.807) is 12.3 Å². The molecule has 0 atom stereocenters. The van der Waals surface area contributed by atoms with Crippen LogP contribution in [0.15, 0.2) is 60.6 Å². The van der Waals surface area contributed by atoms with E-state index in [4.69, 9.17) is 10.5 Å². The van der Waals surface area contributed by atoms with Crippen molar-refractivity contribution in [2.75, 3.05) is 0 Å². The van der Waals surface area contributed by atoms with Crippen molar-refractivity contribution in [3.05, 3.63) is 71.7 Å². The van der Waals surface area contributed by atoms with Gasteiger partial charge in [-0.25, -0.2) is 0 Å². The Morgan fingerprint density at radius 2 is 1.95 bits per heavy atom. The summed E-state index contributed by atoms with van der Waals surface area (Å²) >= 11 is 0. The van der Waals surface area contributed by atoms with Crippen LogP contribution in [0.4, 0.5) is 0 Å². The molecule has 0 fully saturated rings. The molecule has 0 spiro atoms. The molecule has 0 radical (unpaired) electrons. The van der Waals surface area contributed by atoms with E-state index in [0.29, 0.717) is 6.54 Å². The maximum atomic E-state index is 8.95. The molecule has 2 heterocycles. The molecule has 0 saturated carbocycles. The van der Waals surface area contributed by atoms with Gasteiger partial charge in [-0.1, -0.05) is 24.3 Å². The Hall–Kier alpha value is -3.37. The lowest BCUT2D eigenvalue weighted by Crippen LogP contribution is -1.97. The molecule has 0 bridgehead atoms. The van der Waals surface area contributed by atoms with Gasteiger partial charge in [-0.15, -0.1) is 0 Å². The van der Waals surface area contributed by atoms with Gasteiger partial charge in [0.25, 0.3) is 0 Å². The van der Waals surface area contributed by atoms with E-state index in [9.17, 15) is 0 Å². The van der Waals surface area contributed by atoms with Crippen molar-refractivity contribution in [3.63, 3.8) is 0 Å². The van der Waals surface area contributed by atoms with E-state index < -0.39 is 0 Å². The van der Waals surface area contributed by atoms with E-state index in [1.165, 1.54) is 0 Å². The molecule has 0 amide bonds. The molecule has 3 aromatic rings. The van der Waals surface area contributed by atoms with Crippen LogP contribution in [0.2, 0.25) is 0 Å². The molecular formula is C18H12N4. The second-order valence-corrected chi connectivity index (χ2v) is 4.87. The van der Waals surface area contributed by atoms with Gasteiger partial charge in [0.15, 0.2) is 0 Å². The Labute approximate surface area is 128 Å². The highest BCUT2D eigenvalue weighted by Crippen LogP contribution is 2.24. The predicted molar refractivity (Wildman–Crippen MR) is 84.5 cm³/mol. The van der Waals surface area contributed by atoms with Crippen LogP contribution in [0.25, 0.3) is 17.0 Å². The third kappa shape index (κ3) is 2.59. The second kappa shape index (κ2) is 5.95. The Morgan fingerprint density at radius 1 is 1.14 bits per heavy atom. The Morgan fingerprint density at radius 3 is 2.68 bits per heavy atom. The van der Waals surface area contributed by atoms with Gasteiger partial charge in [-0.3, -0.25) is 4.98 Å². The van der Waals surface area contributed by atoms with E-state index >= 15 is 0 Å². The van der Waals surface area contributed by atoms with Crippen LogP contribution in [0.5, 0.6) is 0 Å².